The lowest BCUT2D eigenvalue weighted by molar-refractivity contribution is 0.397. The van der Waals surface area contributed by atoms with E-state index in [9.17, 15) is 0 Å². The lowest BCUT2D eigenvalue weighted by Gasteiger charge is -2.11. The Morgan fingerprint density at radius 3 is 2.38 bits per heavy atom. The van der Waals surface area contributed by atoms with Gasteiger partial charge in [0.15, 0.2) is 5.82 Å². The number of benzene rings is 1. The fourth-order valence-electron chi connectivity index (χ4n) is 1.19. The Hall–Kier alpha value is -0.950. The number of rotatable bonds is 2. The number of nitrogens with two attached hydrogens (primary N) is 1. The maximum absolute atomic E-state index is 5.89. The van der Waals surface area contributed by atoms with Crippen LogP contribution in [0.15, 0.2) is 28.8 Å². The normalized spacial score (nSPS) is 11.8. The summed E-state index contributed by atoms with van der Waals surface area (Å²) in [5.41, 5.74) is 6.21. The highest BCUT2D eigenvalue weighted by Gasteiger charge is 2.21. The van der Waals surface area contributed by atoms with Crippen LogP contribution in [0, 0.1) is 3.57 Å². The van der Waals surface area contributed by atoms with Crippen molar-refractivity contribution in [2.24, 2.45) is 5.73 Å². The molecular formula is C11H12IN3O. The molecule has 0 aliphatic carbocycles. The van der Waals surface area contributed by atoms with Crippen molar-refractivity contribution in [3.63, 3.8) is 0 Å². The summed E-state index contributed by atoms with van der Waals surface area (Å²) in [6, 6.07) is 7.88. The van der Waals surface area contributed by atoms with Crippen LogP contribution >= 0.6 is 22.6 Å². The Labute approximate surface area is 107 Å². The molecule has 0 unspecified atom stereocenters. The van der Waals surface area contributed by atoms with Crippen molar-refractivity contribution in [2.45, 2.75) is 19.4 Å². The maximum Gasteiger partial charge on any atom is 0.257 e. The first-order chi connectivity index (χ1) is 7.47. The topological polar surface area (TPSA) is 64.9 Å². The summed E-state index contributed by atoms with van der Waals surface area (Å²) in [5.74, 6) is 1.02. The number of halogens is 1. The molecule has 0 bridgehead atoms. The molecule has 5 heteroatoms. The van der Waals surface area contributed by atoms with Gasteiger partial charge in [-0.1, -0.05) is 5.16 Å². The van der Waals surface area contributed by atoms with Crippen LogP contribution in [-0.4, -0.2) is 10.1 Å². The van der Waals surface area contributed by atoms with Gasteiger partial charge in [0.25, 0.3) is 5.89 Å². The number of hydrogen-bond acceptors (Lipinski definition) is 4. The van der Waals surface area contributed by atoms with Crippen LogP contribution in [0.5, 0.6) is 0 Å². The van der Waals surface area contributed by atoms with Crippen LogP contribution in [0.4, 0.5) is 0 Å². The van der Waals surface area contributed by atoms with E-state index in [-0.39, 0.29) is 0 Å². The predicted octanol–water partition coefficient (Wildman–Crippen LogP) is 2.54. The highest BCUT2D eigenvalue weighted by Crippen LogP contribution is 2.21. The standard InChI is InChI=1S/C11H12IN3O/c1-11(2,13)10-14-9(16-15-10)7-3-5-8(12)6-4-7/h3-6H,13H2,1-2H3. The molecule has 1 aromatic carbocycles. The summed E-state index contributed by atoms with van der Waals surface area (Å²) >= 11 is 2.25. The second-order valence-electron chi connectivity index (χ2n) is 4.15. The second kappa shape index (κ2) is 4.14. The van der Waals surface area contributed by atoms with E-state index in [2.05, 4.69) is 32.7 Å². The molecule has 2 rings (SSSR count). The second-order valence-corrected chi connectivity index (χ2v) is 5.40. The van der Waals surface area contributed by atoms with Crippen molar-refractivity contribution in [2.75, 3.05) is 0 Å². The van der Waals surface area contributed by atoms with Gasteiger partial charge in [0, 0.05) is 9.13 Å². The molecule has 16 heavy (non-hydrogen) atoms. The van der Waals surface area contributed by atoms with Gasteiger partial charge in [0.2, 0.25) is 0 Å². The summed E-state index contributed by atoms with van der Waals surface area (Å²) in [7, 11) is 0. The van der Waals surface area contributed by atoms with Gasteiger partial charge in [-0.25, -0.2) is 0 Å². The lowest BCUT2D eigenvalue weighted by Crippen LogP contribution is -2.30. The minimum atomic E-state index is -0.578. The van der Waals surface area contributed by atoms with Crippen molar-refractivity contribution >= 4 is 22.6 Å². The molecule has 84 valence electrons. The van der Waals surface area contributed by atoms with Crippen molar-refractivity contribution in [1.29, 1.82) is 0 Å². The van der Waals surface area contributed by atoms with Gasteiger partial charge in [-0.3, -0.25) is 0 Å². The molecule has 1 aromatic heterocycles. The van der Waals surface area contributed by atoms with E-state index in [0.29, 0.717) is 11.7 Å². The first-order valence-corrected chi connectivity index (χ1v) is 5.94. The Bertz CT molecular complexity index is 485. The molecule has 0 saturated heterocycles. The van der Waals surface area contributed by atoms with Gasteiger partial charge in [0.05, 0.1) is 5.54 Å². The van der Waals surface area contributed by atoms with Crippen LogP contribution in [0.3, 0.4) is 0 Å². The predicted molar refractivity (Wildman–Crippen MR) is 69.7 cm³/mol. The average Bonchev–Trinajstić information content (AvgIpc) is 2.67. The first-order valence-electron chi connectivity index (χ1n) is 4.86. The Balaban J connectivity index is 2.35. The quantitative estimate of drug-likeness (QED) is 0.860. The van der Waals surface area contributed by atoms with Crippen molar-refractivity contribution < 1.29 is 4.52 Å². The first kappa shape index (κ1) is 11.5. The van der Waals surface area contributed by atoms with Gasteiger partial charge in [-0.15, -0.1) is 0 Å². The maximum atomic E-state index is 5.89. The summed E-state index contributed by atoms with van der Waals surface area (Å²) in [4.78, 5) is 4.28. The van der Waals surface area contributed by atoms with Crippen LogP contribution in [0.25, 0.3) is 11.5 Å². The van der Waals surface area contributed by atoms with Crippen LogP contribution in [-0.2, 0) is 5.54 Å². The highest BCUT2D eigenvalue weighted by atomic mass is 127. The zero-order chi connectivity index (χ0) is 11.8. The zero-order valence-corrected chi connectivity index (χ0v) is 11.2. The smallest absolute Gasteiger partial charge is 0.257 e. The molecular weight excluding hydrogens is 317 g/mol. The highest BCUT2D eigenvalue weighted by molar-refractivity contribution is 14.1. The SMILES string of the molecule is CC(C)(N)c1noc(-c2ccc(I)cc2)n1. The Morgan fingerprint density at radius 1 is 1.25 bits per heavy atom. The fraction of sp³-hybridized carbons (Fsp3) is 0.273. The van der Waals surface area contributed by atoms with Gasteiger partial charge in [0.1, 0.15) is 0 Å². The summed E-state index contributed by atoms with van der Waals surface area (Å²) in [5, 5.41) is 3.87. The fourth-order valence-corrected chi connectivity index (χ4v) is 1.55. The molecule has 0 aliphatic rings. The number of aromatic nitrogens is 2. The molecule has 0 radical (unpaired) electrons. The molecule has 0 fully saturated rings. The molecule has 0 spiro atoms. The summed E-state index contributed by atoms with van der Waals surface area (Å²) in [6.07, 6.45) is 0. The van der Waals surface area contributed by atoms with Gasteiger partial charge < -0.3 is 10.3 Å². The summed E-state index contributed by atoms with van der Waals surface area (Å²) < 4.78 is 6.34. The van der Waals surface area contributed by atoms with E-state index >= 15 is 0 Å². The van der Waals surface area contributed by atoms with E-state index < -0.39 is 5.54 Å². The monoisotopic (exact) mass is 329 g/mol. The van der Waals surface area contributed by atoms with E-state index in [0.717, 1.165) is 5.56 Å². The third kappa shape index (κ3) is 2.41. The minimum Gasteiger partial charge on any atom is -0.334 e. The molecule has 2 N–H and O–H groups in total. The summed E-state index contributed by atoms with van der Waals surface area (Å²) in [6.45, 7) is 3.69. The molecule has 0 atom stereocenters. The van der Waals surface area contributed by atoms with Crippen LogP contribution < -0.4 is 5.73 Å². The molecule has 0 aliphatic heterocycles. The van der Waals surface area contributed by atoms with Gasteiger partial charge in [-0.05, 0) is 60.7 Å². The average molecular weight is 329 g/mol. The Kier molecular flexibility index (Phi) is 2.98. The van der Waals surface area contributed by atoms with E-state index in [4.69, 9.17) is 10.3 Å². The molecule has 4 nitrogen and oxygen atoms in total. The third-order valence-corrected chi connectivity index (χ3v) is 2.81. The third-order valence-electron chi connectivity index (χ3n) is 2.09. The largest absolute Gasteiger partial charge is 0.334 e. The molecule has 1 heterocycles. The van der Waals surface area contributed by atoms with Crippen LogP contribution in [0.2, 0.25) is 0 Å². The number of nitrogens with zero attached hydrogens (tertiary/aromatic N) is 2. The van der Waals surface area contributed by atoms with Crippen molar-refractivity contribution in [3.05, 3.63) is 33.7 Å². The van der Waals surface area contributed by atoms with E-state index in [1.54, 1.807) is 0 Å². The van der Waals surface area contributed by atoms with Crippen LogP contribution in [0.1, 0.15) is 19.7 Å². The number of hydrogen-bond donors (Lipinski definition) is 1. The minimum absolute atomic E-state index is 0.505. The molecule has 0 saturated carbocycles. The van der Waals surface area contributed by atoms with Gasteiger partial charge in [-0.2, -0.15) is 4.98 Å². The molecule has 2 aromatic rings. The molecule has 0 amide bonds. The van der Waals surface area contributed by atoms with Crippen molar-refractivity contribution in [3.8, 4) is 11.5 Å². The lowest BCUT2D eigenvalue weighted by atomic mass is 10.1. The van der Waals surface area contributed by atoms with Gasteiger partial charge >= 0.3 is 0 Å². The van der Waals surface area contributed by atoms with Crippen molar-refractivity contribution in [1.82, 2.24) is 10.1 Å². The Morgan fingerprint density at radius 2 is 1.88 bits per heavy atom. The van der Waals surface area contributed by atoms with E-state index in [1.807, 2.05) is 38.1 Å². The zero-order valence-electron chi connectivity index (χ0n) is 9.07. The van der Waals surface area contributed by atoms with E-state index in [1.165, 1.54) is 3.57 Å².